The zero-order valence-electron chi connectivity index (χ0n) is 23.3. The molecular formula is C27H34BrClF2N6O4. The second kappa shape index (κ2) is 11.6. The lowest BCUT2D eigenvalue weighted by molar-refractivity contribution is -0.135. The van der Waals surface area contributed by atoms with Gasteiger partial charge in [0.25, 0.3) is 0 Å². The van der Waals surface area contributed by atoms with Gasteiger partial charge < -0.3 is 19.7 Å². The molecule has 0 aliphatic carbocycles. The van der Waals surface area contributed by atoms with Gasteiger partial charge in [-0.15, -0.1) is 0 Å². The Morgan fingerprint density at radius 3 is 2.80 bits per heavy atom. The molecule has 41 heavy (non-hydrogen) atoms. The van der Waals surface area contributed by atoms with E-state index in [0.29, 0.717) is 50.3 Å². The van der Waals surface area contributed by atoms with Crippen molar-refractivity contribution in [1.82, 2.24) is 24.7 Å². The molecule has 2 atom stereocenters. The summed E-state index contributed by atoms with van der Waals surface area (Å²) in [5, 5.41) is 3.69. The Hall–Kier alpha value is -2.51. The molecule has 3 saturated heterocycles. The van der Waals surface area contributed by atoms with Crippen LogP contribution in [0.2, 0.25) is 5.02 Å². The Balaban J connectivity index is 1.28. The summed E-state index contributed by atoms with van der Waals surface area (Å²) in [6, 6.07) is 1.53. The molecule has 1 aromatic carbocycles. The molecule has 0 unspecified atom stereocenters. The standard InChI is InChI=1S/C27H34BrClF2N6O4/c1-26(2,3)41-25(39)36-10-9-35(19(38)14-36)8-6-32-23-17-11-18(29)20(28)21(31)22(17)33-24(34-23)40-15-27-5-4-7-37(27)13-16(30)12-27/h11,16H,4-10,12-15H2,1-3H3,(H,32,33,34)/t16-,27+/m1/s1. The molecular weight excluding hydrogens is 626 g/mol. The molecule has 2 amide bonds. The predicted octanol–water partition coefficient (Wildman–Crippen LogP) is 4.63. The Morgan fingerprint density at radius 2 is 2.07 bits per heavy atom. The molecule has 3 aliphatic rings. The Labute approximate surface area is 250 Å². The van der Waals surface area contributed by atoms with Crippen LogP contribution in [0.4, 0.5) is 19.4 Å². The summed E-state index contributed by atoms with van der Waals surface area (Å²) in [5.41, 5.74) is -1.04. The van der Waals surface area contributed by atoms with E-state index < -0.39 is 29.2 Å². The lowest BCUT2D eigenvalue weighted by Gasteiger charge is -2.35. The highest BCUT2D eigenvalue weighted by Gasteiger charge is 2.49. The first kappa shape index (κ1) is 30.0. The monoisotopic (exact) mass is 658 g/mol. The zero-order valence-corrected chi connectivity index (χ0v) is 25.7. The van der Waals surface area contributed by atoms with Gasteiger partial charge in [0.2, 0.25) is 5.91 Å². The summed E-state index contributed by atoms with van der Waals surface area (Å²) in [5.74, 6) is -0.558. The third-order valence-corrected chi connectivity index (χ3v) is 8.98. The molecule has 10 nitrogen and oxygen atoms in total. The number of anilines is 1. The molecule has 5 rings (SSSR count). The van der Waals surface area contributed by atoms with E-state index in [1.54, 1.807) is 31.7 Å². The Morgan fingerprint density at radius 1 is 1.29 bits per heavy atom. The van der Waals surface area contributed by atoms with Gasteiger partial charge in [0.1, 0.15) is 36.3 Å². The van der Waals surface area contributed by atoms with Gasteiger partial charge in [-0.05, 0) is 62.2 Å². The number of nitrogens with one attached hydrogen (secondary N) is 1. The number of carbonyl (C=O) groups excluding carboxylic acids is 2. The first-order chi connectivity index (χ1) is 19.3. The summed E-state index contributed by atoms with van der Waals surface area (Å²) in [7, 11) is 0. The number of fused-ring (bicyclic) bond motifs is 2. The van der Waals surface area contributed by atoms with Crippen LogP contribution in [0.1, 0.15) is 40.0 Å². The van der Waals surface area contributed by atoms with Gasteiger partial charge in [0, 0.05) is 44.5 Å². The molecule has 3 fully saturated rings. The van der Waals surface area contributed by atoms with Crippen LogP contribution in [0, 0.1) is 5.82 Å². The van der Waals surface area contributed by atoms with Crippen molar-refractivity contribution in [1.29, 1.82) is 0 Å². The number of benzene rings is 1. The van der Waals surface area contributed by atoms with Crippen LogP contribution < -0.4 is 10.1 Å². The lowest BCUT2D eigenvalue weighted by Crippen LogP contribution is -2.54. The SMILES string of the molecule is CC(C)(C)OC(=O)N1CCN(CCNc2nc(OC[C@@]34CCCN3C[C@H](F)C4)nc3c(F)c(Br)c(Cl)cc23)C(=O)C1. The molecule has 0 bridgehead atoms. The number of piperazine rings is 1. The maximum Gasteiger partial charge on any atom is 0.410 e. The Kier molecular flexibility index (Phi) is 8.51. The second-order valence-corrected chi connectivity index (χ2v) is 13.0. The van der Waals surface area contributed by atoms with Gasteiger partial charge in [-0.25, -0.2) is 13.6 Å². The van der Waals surface area contributed by atoms with Crippen LogP contribution in [0.15, 0.2) is 10.5 Å². The predicted molar refractivity (Wildman–Crippen MR) is 154 cm³/mol. The maximum atomic E-state index is 15.2. The fraction of sp³-hybridized carbons (Fsp3) is 0.630. The first-order valence-electron chi connectivity index (χ1n) is 13.7. The number of ether oxygens (including phenoxy) is 2. The number of carbonyl (C=O) groups is 2. The molecule has 14 heteroatoms. The number of amides is 2. The van der Waals surface area contributed by atoms with Gasteiger partial charge >= 0.3 is 12.1 Å². The van der Waals surface area contributed by atoms with E-state index in [0.717, 1.165) is 19.4 Å². The van der Waals surface area contributed by atoms with Crippen molar-refractivity contribution in [2.45, 2.75) is 57.3 Å². The van der Waals surface area contributed by atoms with Crippen molar-refractivity contribution in [3.63, 3.8) is 0 Å². The van der Waals surface area contributed by atoms with Crippen LogP contribution in [0.3, 0.4) is 0 Å². The van der Waals surface area contributed by atoms with Gasteiger partial charge in [0.15, 0.2) is 5.82 Å². The number of alkyl halides is 1. The van der Waals surface area contributed by atoms with E-state index >= 15 is 4.39 Å². The van der Waals surface area contributed by atoms with E-state index in [4.69, 9.17) is 21.1 Å². The number of halogens is 4. The fourth-order valence-electron chi connectivity index (χ4n) is 5.74. The van der Waals surface area contributed by atoms with Crippen LogP contribution in [-0.4, -0.2) is 106 Å². The van der Waals surface area contributed by atoms with Crippen LogP contribution in [-0.2, 0) is 9.53 Å². The highest BCUT2D eigenvalue weighted by molar-refractivity contribution is 9.10. The zero-order chi connectivity index (χ0) is 29.5. The summed E-state index contributed by atoms with van der Waals surface area (Å²) in [6.45, 7) is 7.97. The number of hydrogen-bond donors (Lipinski definition) is 1. The van der Waals surface area contributed by atoms with Crippen molar-refractivity contribution in [3.05, 3.63) is 21.4 Å². The molecule has 224 valence electrons. The summed E-state index contributed by atoms with van der Waals surface area (Å²) in [4.78, 5) is 39.1. The van der Waals surface area contributed by atoms with Crippen LogP contribution in [0.5, 0.6) is 6.01 Å². The van der Waals surface area contributed by atoms with E-state index in [9.17, 15) is 14.0 Å². The topological polar surface area (TPSA) is 100 Å². The molecule has 2 aromatic rings. The fourth-order valence-corrected chi connectivity index (χ4v) is 6.23. The third-order valence-electron chi connectivity index (χ3n) is 7.68. The van der Waals surface area contributed by atoms with Gasteiger partial charge in [-0.1, -0.05) is 11.6 Å². The minimum atomic E-state index is -0.905. The van der Waals surface area contributed by atoms with Gasteiger partial charge in [-0.3, -0.25) is 14.6 Å². The van der Waals surface area contributed by atoms with E-state index in [-0.39, 0.29) is 40.1 Å². The maximum absolute atomic E-state index is 15.2. The molecule has 0 radical (unpaired) electrons. The largest absolute Gasteiger partial charge is 0.461 e. The van der Waals surface area contributed by atoms with E-state index in [1.165, 1.54) is 4.90 Å². The number of aromatic nitrogens is 2. The molecule has 3 aliphatic heterocycles. The number of rotatable bonds is 7. The van der Waals surface area contributed by atoms with Crippen molar-refractivity contribution < 1.29 is 27.8 Å². The molecule has 1 N–H and O–H groups in total. The molecule has 0 spiro atoms. The summed E-state index contributed by atoms with van der Waals surface area (Å²) >= 11 is 9.41. The lowest BCUT2D eigenvalue weighted by atomic mass is 9.95. The second-order valence-electron chi connectivity index (χ2n) is 11.8. The van der Waals surface area contributed by atoms with E-state index in [2.05, 4.69) is 36.1 Å². The summed E-state index contributed by atoms with van der Waals surface area (Å²) < 4.78 is 40.9. The highest BCUT2D eigenvalue weighted by atomic mass is 79.9. The van der Waals surface area contributed by atoms with E-state index in [1.807, 2.05) is 0 Å². The minimum Gasteiger partial charge on any atom is -0.461 e. The smallest absolute Gasteiger partial charge is 0.410 e. The number of hydrogen-bond acceptors (Lipinski definition) is 8. The van der Waals surface area contributed by atoms with Crippen molar-refractivity contribution in [2.24, 2.45) is 0 Å². The van der Waals surface area contributed by atoms with Gasteiger partial charge in [0.05, 0.1) is 15.0 Å². The van der Waals surface area contributed by atoms with Crippen LogP contribution >= 0.6 is 27.5 Å². The quantitative estimate of drug-likeness (QED) is 0.430. The van der Waals surface area contributed by atoms with Crippen molar-refractivity contribution in [3.8, 4) is 6.01 Å². The Bertz CT molecular complexity index is 1350. The molecule has 1 aromatic heterocycles. The van der Waals surface area contributed by atoms with Crippen LogP contribution in [0.25, 0.3) is 10.9 Å². The summed E-state index contributed by atoms with van der Waals surface area (Å²) in [6.07, 6.45) is 0.742. The average molecular weight is 660 g/mol. The van der Waals surface area contributed by atoms with Gasteiger partial charge in [-0.2, -0.15) is 9.97 Å². The normalized spacial score (nSPS) is 23.3. The molecule has 0 saturated carbocycles. The van der Waals surface area contributed by atoms with Crippen molar-refractivity contribution >= 4 is 56.3 Å². The highest BCUT2D eigenvalue weighted by Crippen LogP contribution is 2.41. The first-order valence-corrected chi connectivity index (χ1v) is 14.9. The molecule has 4 heterocycles. The number of nitrogens with zero attached hydrogens (tertiary/aromatic N) is 5. The third kappa shape index (κ3) is 6.46. The van der Waals surface area contributed by atoms with Crippen molar-refractivity contribution in [2.75, 3.05) is 57.7 Å². The average Bonchev–Trinajstić information content (AvgIpc) is 3.42. The minimum absolute atomic E-state index is 0.0198.